The van der Waals surface area contributed by atoms with Crippen LogP contribution in [0.5, 0.6) is 5.75 Å². The van der Waals surface area contributed by atoms with Crippen molar-refractivity contribution in [3.8, 4) is 5.75 Å². The normalized spacial score (nSPS) is 15.1. The summed E-state index contributed by atoms with van der Waals surface area (Å²) < 4.78 is 21.3. The average Bonchev–Trinajstić information content (AvgIpc) is 3.15. The Bertz CT molecular complexity index is 818. The number of carbonyl (C=O) groups is 2. The topological polar surface area (TPSA) is 68.5 Å². The van der Waals surface area contributed by atoms with Gasteiger partial charge < -0.3 is 9.84 Å². The second kappa shape index (κ2) is 6.26. The van der Waals surface area contributed by atoms with Gasteiger partial charge in [0.25, 0.3) is 0 Å². The first-order chi connectivity index (χ1) is 11.5. The Balaban J connectivity index is 2.25. The average molecular weight is 333 g/mol. The summed E-state index contributed by atoms with van der Waals surface area (Å²) in [4.78, 5) is 24.1. The van der Waals surface area contributed by atoms with Crippen molar-refractivity contribution in [1.29, 1.82) is 0 Å². The minimum Gasteiger partial charge on any atom is -0.494 e. The fourth-order valence-corrected chi connectivity index (χ4v) is 3.68. The second-order valence-electron chi connectivity index (χ2n) is 6.27. The van der Waals surface area contributed by atoms with Crippen LogP contribution in [-0.2, 0) is 11.2 Å². The highest BCUT2D eigenvalue weighted by Gasteiger charge is 2.29. The van der Waals surface area contributed by atoms with Gasteiger partial charge in [-0.05, 0) is 37.5 Å². The van der Waals surface area contributed by atoms with E-state index in [9.17, 15) is 19.1 Å². The number of rotatable bonds is 4. The lowest BCUT2D eigenvalue weighted by Crippen LogP contribution is -2.20. The summed E-state index contributed by atoms with van der Waals surface area (Å²) in [5.74, 6) is -1.79. The highest BCUT2D eigenvalue weighted by molar-refractivity contribution is 5.99. The number of carboxylic acid groups (broad SMARTS) is 1. The van der Waals surface area contributed by atoms with E-state index in [2.05, 4.69) is 0 Å². The van der Waals surface area contributed by atoms with Crippen LogP contribution in [0.1, 0.15) is 41.7 Å². The molecule has 1 aromatic carbocycles. The Kier molecular flexibility index (Phi) is 4.30. The van der Waals surface area contributed by atoms with Crippen molar-refractivity contribution in [2.45, 2.75) is 39.0 Å². The van der Waals surface area contributed by atoms with Gasteiger partial charge >= 0.3 is 5.97 Å². The molecule has 0 amide bonds. The number of carbonyl (C=O) groups excluding carboxylic acids is 1. The van der Waals surface area contributed by atoms with Crippen molar-refractivity contribution in [1.82, 2.24) is 4.57 Å². The molecule has 2 aromatic rings. The van der Waals surface area contributed by atoms with E-state index >= 15 is 0 Å². The third kappa shape index (κ3) is 2.56. The van der Waals surface area contributed by atoms with Gasteiger partial charge in [-0.3, -0.25) is 14.2 Å². The largest absolute Gasteiger partial charge is 0.494 e. The first kappa shape index (κ1) is 16.5. The maximum absolute atomic E-state index is 14.8. The van der Waals surface area contributed by atoms with E-state index in [1.807, 2.05) is 0 Å². The van der Waals surface area contributed by atoms with Gasteiger partial charge in [-0.1, -0.05) is 12.8 Å². The third-order valence-corrected chi connectivity index (χ3v) is 4.87. The van der Waals surface area contributed by atoms with Gasteiger partial charge in [0, 0.05) is 17.0 Å². The Hall–Kier alpha value is -2.37. The lowest BCUT2D eigenvalue weighted by Gasteiger charge is -2.12. The number of carboxylic acids is 1. The van der Waals surface area contributed by atoms with Crippen molar-refractivity contribution in [2.75, 3.05) is 7.11 Å². The number of fused-ring (bicyclic) bond motifs is 1. The maximum Gasteiger partial charge on any atom is 0.307 e. The SMILES string of the molecule is COc1ccc2c(c1F)c(CC(=O)O)c(C)n2C(=O)C1CCCC1. The molecule has 0 unspecified atom stereocenters. The van der Waals surface area contributed by atoms with Crippen molar-refractivity contribution >= 4 is 22.8 Å². The fraction of sp³-hybridized carbons (Fsp3) is 0.444. The molecule has 0 bridgehead atoms. The number of hydrogen-bond donors (Lipinski definition) is 1. The zero-order valence-electron chi connectivity index (χ0n) is 13.8. The van der Waals surface area contributed by atoms with Crippen molar-refractivity contribution in [3.63, 3.8) is 0 Å². The smallest absolute Gasteiger partial charge is 0.307 e. The predicted octanol–water partition coefficient (Wildman–Crippen LogP) is 3.55. The Morgan fingerprint density at radius 1 is 1.33 bits per heavy atom. The predicted molar refractivity (Wildman–Crippen MR) is 87.1 cm³/mol. The molecule has 1 aliphatic rings. The van der Waals surface area contributed by atoms with E-state index < -0.39 is 11.8 Å². The van der Waals surface area contributed by atoms with E-state index in [4.69, 9.17) is 4.74 Å². The highest BCUT2D eigenvalue weighted by atomic mass is 19.1. The van der Waals surface area contributed by atoms with Crippen LogP contribution >= 0.6 is 0 Å². The van der Waals surface area contributed by atoms with E-state index in [1.165, 1.54) is 17.7 Å². The molecule has 0 aliphatic heterocycles. The van der Waals surface area contributed by atoms with Crippen LogP contribution in [0.2, 0.25) is 0 Å². The first-order valence-corrected chi connectivity index (χ1v) is 8.08. The molecule has 1 N–H and O–H groups in total. The van der Waals surface area contributed by atoms with Crippen LogP contribution in [0.15, 0.2) is 12.1 Å². The van der Waals surface area contributed by atoms with Gasteiger partial charge in [0.2, 0.25) is 5.91 Å². The zero-order chi connectivity index (χ0) is 17.4. The molecule has 1 aliphatic carbocycles. The number of halogens is 1. The summed E-state index contributed by atoms with van der Waals surface area (Å²) in [5, 5.41) is 9.35. The van der Waals surface area contributed by atoms with Crippen LogP contribution in [0.25, 0.3) is 10.9 Å². The van der Waals surface area contributed by atoms with E-state index in [1.54, 1.807) is 13.0 Å². The molecule has 1 fully saturated rings. The van der Waals surface area contributed by atoms with Crippen LogP contribution < -0.4 is 4.74 Å². The zero-order valence-corrected chi connectivity index (χ0v) is 13.8. The van der Waals surface area contributed by atoms with Crippen LogP contribution in [0.3, 0.4) is 0 Å². The summed E-state index contributed by atoms with van der Waals surface area (Å²) in [7, 11) is 1.36. The number of aromatic nitrogens is 1. The van der Waals surface area contributed by atoms with Crippen LogP contribution in [-0.4, -0.2) is 28.7 Å². The van der Waals surface area contributed by atoms with Gasteiger partial charge in [0.05, 0.1) is 19.0 Å². The standard InChI is InChI=1S/C18H20FNO4/c1-10-12(9-15(21)22)16-13(7-8-14(24-2)17(16)19)20(10)18(23)11-5-3-4-6-11/h7-8,11H,3-6,9H2,1-2H3,(H,21,22). The van der Waals surface area contributed by atoms with Gasteiger partial charge in [0.15, 0.2) is 11.6 Å². The molecule has 128 valence electrons. The number of benzene rings is 1. The number of hydrogen-bond acceptors (Lipinski definition) is 3. The molecule has 1 aromatic heterocycles. The fourth-order valence-electron chi connectivity index (χ4n) is 3.68. The summed E-state index contributed by atoms with van der Waals surface area (Å²) in [6.45, 7) is 1.68. The van der Waals surface area contributed by atoms with Gasteiger partial charge in [-0.15, -0.1) is 0 Å². The third-order valence-electron chi connectivity index (χ3n) is 4.87. The first-order valence-electron chi connectivity index (χ1n) is 8.08. The second-order valence-corrected chi connectivity index (χ2v) is 6.27. The van der Waals surface area contributed by atoms with Gasteiger partial charge in [0.1, 0.15) is 0 Å². The minimum absolute atomic E-state index is 0.0413. The quantitative estimate of drug-likeness (QED) is 0.929. The number of methoxy groups -OCH3 is 1. The van der Waals surface area contributed by atoms with Gasteiger partial charge in [-0.2, -0.15) is 0 Å². The summed E-state index contributed by atoms with van der Waals surface area (Å²) >= 11 is 0. The number of aliphatic carboxylic acids is 1. The highest BCUT2D eigenvalue weighted by Crippen LogP contribution is 2.35. The Morgan fingerprint density at radius 3 is 2.58 bits per heavy atom. The monoisotopic (exact) mass is 333 g/mol. The molecule has 6 heteroatoms. The molecule has 24 heavy (non-hydrogen) atoms. The molecule has 0 atom stereocenters. The molecule has 3 rings (SSSR count). The van der Waals surface area contributed by atoms with E-state index in [-0.39, 0.29) is 29.4 Å². The molecule has 5 nitrogen and oxygen atoms in total. The molecular weight excluding hydrogens is 313 g/mol. The minimum atomic E-state index is -1.06. The van der Waals surface area contributed by atoms with Crippen molar-refractivity contribution in [2.24, 2.45) is 5.92 Å². The lowest BCUT2D eigenvalue weighted by molar-refractivity contribution is -0.136. The summed E-state index contributed by atoms with van der Waals surface area (Å²) in [6, 6.07) is 3.10. The molecule has 0 spiro atoms. The molecule has 0 radical (unpaired) electrons. The summed E-state index contributed by atoms with van der Waals surface area (Å²) in [5.41, 5.74) is 1.25. The van der Waals surface area contributed by atoms with Gasteiger partial charge in [-0.25, -0.2) is 4.39 Å². The van der Waals surface area contributed by atoms with Crippen molar-refractivity contribution < 1.29 is 23.8 Å². The van der Waals surface area contributed by atoms with Crippen LogP contribution in [0, 0.1) is 18.7 Å². The molecule has 1 heterocycles. The van der Waals surface area contributed by atoms with Crippen LogP contribution in [0.4, 0.5) is 4.39 Å². The molecule has 1 saturated carbocycles. The number of nitrogens with zero attached hydrogens (tertiary/aromatic N) is 1. The Labute approximate surface area is 139 Å². The summed E-state index contributed by atoms with van der Waals surface area (Å²) in [6.07, 6.45) is 3.34. The van der Waals surface area contributed by atoms with E-state index in [0.717, 1.165) is 25.7 Å². The number of ether oxygens (including phenoxy) is 1. The van der Waals surface area contributed by atoms with E-state index in [0.29, 0.717) is 16.8 Å². The molecular formula is C18H20FNO4. The lowest BCUT2D eigenvalue weighted by atomic mass is 10.1. The maximum atomic E-state index is 14.8. The Morgan fingerprint density at radius 2 is 2.00 bits per heavy atom. The van der Waals surface area contributed by atoms with Crippen molar-refractivity contribution in [3.05, 3.63) is 29.2 Å². The molecule has 0 saturated heterocycles.